The van der Waals surface area contributed by atoms with Gasteiger partial charge in [-0.25, -0.2) is 0 Å². The van der Waals surface area contributed by atoms with Crippen molar-refractivity contribution in [2.45, 2.75) is 57.4 Å². The molecule has 238 valence electrons. The lowest BCUT2D eigenvalue weighted by Gasteiger charge is -2.31. The molecule has 0 spiro atoms. The van der Waals surface area contributed by atoms with Crippen molar-refractivity contribution in [1.82, 2.24) is 9.80 Å². The van der Waals surface area contributed by atoms with E-state index in [9.17, 15) is 19.5 Å². The number of nitrogens with two attached hydrogens (primary N) is 1. The number of likely N-dealkylation sites (tertiary alicyclic amines) is 1. The summed E-state index contributed by atoms with van der Waals surface area (Å²) in [5.74, 6) is -0.712. The largest absolute Gasteiger partial charge is 0.493 e. The highest BCUT2D eigenvalue weighted by atomic mass is 16.7. The Bertz CT molecular complexity index is 1350. The summed E-state index contributed by atoms with van der Waals surface area (Å²) in [5, 5.41) is 10.7. The molecule has 3 atom stereocenters. The number of amides is 2. The number of carbonyl (C=O) groups is 3. The molecule has 0 aromatic heterocycles. The number of unbranched alkanes of at least 4 members (excludes halogenated alkanes) is 2. The Balaban J connectivity index is 1.44. The van der Waals surface area contributed by atoms with E-state index < -0.39 is 23.8 Å². The number of hydrogen-bond acceptors (Lipinski definition) is 8. The lowest BCUT2D eigenvalue weighted by molar-refractivity contribution is -0.143. The van der Waals surface area contributed by atoms with Gasteiger partial charge in [0.2, 0.25) is 24.4 Å². The van der Waals surface area contributed by atoms with Crippen molar-refractivity contribution in [3.8, 4) is 17.2 Å². The van der Waals surface area contributed by atoms with Crippen molar-refractivity contribution in [1.29, 1.82) is 0 Å². The second-order valence-corrected chi connectivity index (χ2v) is 11.8. The molecule has 1 saturated heterocycles. The zero-order valence-electron chi connectivity index (χ0n) is 25.7. The van der Waals surface area contributed by atoms with E-state index in [0.29, 0.717) is 62.8 Å². The maximum absolute atomic E-state index is 13.8. The third-order valence-electron chi connectivity index (χ3n) is 9.07. The Kier molecular flexibility index (Phi) is 10.3. The Morgan fingerprint density at radius 3 is 2.68 bits per heavy atom. The van der Waals surface area contributed by atoms with Crippen LogP contribution in [-0.2, 0) is 20.8 Å². The van der Waals surface area contributed by atoms with Gasteiger partial charge in [0.1, 0.15) is 0 Å². The van der Waals surface area contributed by atoms with Crippen molar-refractivity contribution >= 4 is 23.5 Å². The smallest absolute Gasteiger partial charge is 0.308 e. The number of nitrogens with zero attached hydrogens (tertiary/aromatic N) is 3. The van der Waals surface area contributed by atoms with Gasteiger partial charge in [0, 0.05) is 43.8 Å². The molecule has 1 fully saturated rings. The normalized spacial score (nSPS) is 20.7. The minimum atomic E-state index is -0.939. The average molecular weight is 609 g/mol. The molecule has 3 aliphatic heterocycles. The summed E-state index contributed by atoms with van der Waals surface area (Å²) in [6, 6.07) is 10.9. The Labute approximate surface area is 258 Å². The van der Waals surface area contributed by atoms with Crippen molar-refractivity contribution < 1.29 is 33.7 Å². The van der Waals surface area contributed by atoms with Crippen LogP contribution < -0.4 is 24.8 Å². The number of aliphatic carboxylic acids is 1. The fraction of sp³-hybridized carbons (Fsp3) is 0.545. The molecular weight excluding hydrogens is 564 g/mol. The van der Waals surface area contributed by atoms with Gasteiger partial charge in [-0.15, -0.1) is 0 Å². The third kappa shape index (κ3) is 6.63. The van der Waals surface area contributed by atoms with Crippen LogP contribution >= 0.6 is 0 Å². The van der Waals surface area contributed by atoms with E-state index in [1.807, 2.05) is 46.2 Å². The van der Waals surface area contributed by atoms with Crippen molar-refractivity contribution in [2.75, 3.05) is 58.1 Å². The number of carbonyl (C=O) groups excluding carboxylic acids is 2. The van der Waals surface area contributed by atoms with Gasteiger partial charge in [-0.2, -0.15) is 0 Å². The van der Waals surface area contributed by atoms with Gasteiger partial charge in [0.15, 0.2) is 11.5 Å². The molecule has 0 aliphatic carbocycles. The molecule has 11 nitrogen and oxygen atoms in total. The molecule has 44 heavy (non-hydrogen) atoms. The molecule has 3 N–H and O–H groups in total. The molecule has 3 heterocycles. The number of methoxy groups -OCH3 is 1. The number of rotatable bonds is 15. The maximum atomic E-state index is 13.8. The molecule has 11 heteroatoms. The van der Waals surface area contributed by atoms with Crippen LogP contribution in [0.5, 0.6) is 17.2 Å². The highest BCUT2D eigenvalue weighted by Crippen LogP contribution is 2.47. The van der Waals surface area contributed by atoms with E-state index in [4.69, 9.17) is 19.9 Å². The zero-order chi connectivity index (χ0) is 31.2. The van der Waals surface area contributed by atoms with Gasteiger partial charge in [-0.05, 0) is 61.6 Å². The molecule has 2 aromatic carbocycles. The van der Waals surface area contributed by atoms with Crippen LogP contribution in [0.15, 0.2) is 36.4 Å². The first-order chi connectivity index (χ1) is 21.4. The number of anilines is 1. The summed E-state index contributed by atoms with van der Waals surface area (Å²) in [6.07, 6.45) is 4.26. The van der Waals surface area contributed by atoms with Crippen LogP contribution in [0.2, 0.25) is 0 Å². The van der Waals surface area contributed by atoms with Gasteiger partial charge in [-0.3, -0.25) is 19.3 Å². The molecule has 2 amide bonds. The molecule has 0 saturated carbocycles. The second kappa shape index (κ2) is 14.3. The first-order valence-corrected chi connectivity index (χ1v) is 15.7. The van der Waals surface area contributed by atoms with Crippen LogP contribution in [0.4, 0.5) is 5.69 Å². The fourth-order valence-corrected chi connectivity index (χ4v) is 6.81. The van der Waals surface area contributed by atoms with E-state index >= 15 is 0 Å². The zero-order valence-corrected chi connectivity index (χ0v) is 25.7. The lowest BCUT2D eigenvalue weighted by atomic mass is 9.84. The minimum absolute atomic E-state index is 0.00130. The Hall–Kier alpha value is -3.83. The van der Waals surface area contributed by atoms with Crippen LogP contribution in [0.1, 0.15) is 56.1 Å². The van der Waals surface area contributed by atoms with Gasteiger partial charge in [0.25, 0.3) is 0 Å². The molecule has 3 aliphatic rings. The number of hydrogen-bond donors (Lipinski definition) is 2. The number of fused-ring (bicyclic) bond motifs is 2. The number of carboxylic acids is 1. The van der Waals surface area contributed by atoms with Crippen molar-refractivity contribution in [2.24, 2.45) is 11.7 Å². The first kappa shape index (κ1) is 31.6. The Morgan fingerprint density at radius 1 is 1.14 bits per heavy atom. The predicted molar refractivity (Wildman–Crippen MR) is 165 cm³/mol. The van der Waals surface area contributed by atoms with E-state index in [-0.39, 0.29) is 25.2 Å². The molecule has 5 rings (SSSR count). The minimum Gasteiger partial charge on any atom is -0.493 e. The van der Waals surface area contributed by atoms with Gasteiger partial charge >= 0.3 is 5.97 Å². The van der Waals surface area contributed by atoms with Crippen LogP contribution in [0.3, 0.4) is 0 Å². The molecule has 3 unspecified atom stereocenters. The van der Waals surface area contributed by atoms with E-state index in [0.717, 1.165) is 42.5 Å². The van der Waals surface area contributed by atoms with Crippen molar-refractivity contribution in [3.63, 3.8) is 0 Å². The average Bonchev–Trinajstić information content (AvgIpc) is 3.72. The third-order valence-corrected chi connectivity index (χ3v) is 9.07. The number of para-hydroxylation sites is 1. The number of benzene rings is 2. The summed E-state index contributed by atoms with van der Waals surface area (Å²) in [7, 11) is 1.54. The lowest BCUT2D eigenvalue weighted by Crippen LogP contribution is -2.46. The summed E-state index contributed by atoms with van der Waals surface area (Å²) in [4.78, 5) is 45.4. The molecular formula is C33H44N4O7. The van der Waals surface area contributed by atoms with Gasteiger partial charge < -0.3 is 34.9 Å². The summed E-state index contributed by atoms with van der Waals surface area (Å²) >= 11 is 0. The van der Waals surface area contributed by atoms with E-state index in [1.54, 1.807) is 12.0 Å². The topological polar surface area (TPSA) is 135 Å². The number of carboxylic acid groups (broad SMARTS) is 1. The van der Waals surface area contributed by atoms with E-state index in [2.05, 4.69) is 6.92 Å². The maximum Gasteiger partial charge on any atom is 0.308 e. The van der Waals surface area contributed by atoms with E-state index in [1.165, 1.54) is 0 Å². The van der Waals surface area contributed by atoms with Crippen molar-refractivity contribution in [3.05, 3.63) is 47.5 Å². The molecule has 0 bridgehead atoms. The predicted octanol–water partition coefficient (Wildman–Crippen LogP) is 3.24. The monoisotopic (exact) mass is 608 g/mol. The Morgan fingerprint density at radius 2 is 1.93 bits per heavy atom. The quantitative estimate of drug-likeness (QED) is 0.292. The van der Waals surface area contributed by atoms with Crippen LogP contribution in [-0.4, -0.2) is 91.9 Å². The highest BCUT2D eigenvalue weighted by molar-refractivity contribution is 6.01. The first-order valence-electron chi connectivity index (χ1n) is 15.7. The standard InChI is InChI=1S/C33H44N4O7/c1-3-4-13-35(14-8-7-12-34)30(39)20-36-19-24(23-16-27(42-2)32-28(17-23)43-21-44-32)31(33(40)41)26(36)11-15-37-25-10-6-5-9-22(25)18-29(37)38/h5-6,9-10,16-17,24,26,31H,3-4,7-8,11-15,18-21,34H2,1-2H3,(H,40,41). The summed E-state index contributed by atoms with van der Waals surface area (Å²) in [6.45, 7) is 4.84. The summed E-state index contributed by atoms with van der Waals surface area (Å²) < 4.78 is 16.8. The number of ether oxygens (including phenoxy) is 3. The summed E-state index contributed by atoms with van der Waals surface area (Å²) in [5.41, 5.74) is 8.31. The molecule has 0 radical (unpaired) electrons. The van der Waals surface area contributed by atoms with Gasteiger partial charge in [-0.1, -0.05) is 31.5 Å². The fourth-order valence-electron chi connectivity index (χ4n) is 6.81. The second-order valence-electron chi connectivity index (χ2n) is 11.8. The van der Waals surface area contributed by atoms with Crippen LogP contribution in [0.25, 0.3) is 0 Å². The SMILES string of the molecule is CCCCN(CCCCN)C(=O)CN1CC(c2cc(OC)c3c(c2)OCO3)C(C(=O)O)C1CCN1C(=O)Cc2ccccc21. The van der Waals surface area contributed by atoms with Gasteiger partial charge in [0.05, 0.1) is 26.0 Å². The molecule has 2 aromatic rings. The highest BCUT2D eigenvalue weighted by Gasteiger charge is 2.48. The van der Waals surface area contributed by atoms with Crippen LogP contribution in [0, 0.1) is 5.92 Å².